The first kappa shape index (κ1) is 58.2. The third kappa shape index (κ3) is 11.9. The summed E-state index contributed by atoms with van der Waals surface area (Å²) in [6.45, 7) is 6.39. The van der Waals surface area contributed by atoms with Crippen molar-refractivity contribution in [2.45, 2.75) is 94.8 Å². The van der Waals surface area contributed by atoms with Crippen LogP contribution in [0.15, 0.2) is 225 Å². The summed E-state index contributed by atoms with van der Waals surface area (Å²) in [4.78, 5) is 0. The predicted molar refractivity (Wildman–Crippen MR) is 405 cm³/mol. The summed E-state index contributed by atoms with van der Waals surface area (Å²) in [6.07, 6.45) is 12.3. The molecule has 0 bridgehead atoms. The minimum absolute atomic E-state index is 0. The van der Waals surface area contributed by atoms with E-state index in [1.165, 1.54) is 168 Å². The highest BCUT2D eigenvalue weighted by Crippen LogP contribution is 2.43. The highest BCUT2D eigenvalue weighted by atomic mass is 32.1. The molecule has 0 saturated heterocycles. The molecule has 1 aliphatic rings. The van der Waals surface area contributed by atoms with E-state index in [1.54, 1.807) is 12.1 Å². The van der Waals surface area contributed by atoms with Gasteiger partial charge in [0.2, 0.25) is 17.1 Å². The van der Waals surface area contributed by atoms with Gasteiger partial charge in [-0.25, -0.2) is 0 Å². The fourth-order valence-corrected chi connectivity index (χ4v) is 17.3. The number of thiophene rings is 3. The maximum absolute atomic E-state index is 9.03. The van der Waals surface area contributed by atoms with E-state index in [1.807, 2.05) is 47.0 Å². The molecule has 6 aromatic heterocycles. The van der Waals surface area contributed by atoms with Crippen molar-refractivity contribution in [2.75, 3.05) is 0 Å². The molecule has 458 valence electrons. The fourth-order valence-electron chi connectivity index (χ4n) is 13.7. The second-order valence-corrected chi connectivity index (χ2v) is 27.9. The Bertz CT molecular complexity index is 5650. The zero-order chi connectivity index (χ0) is 64.0. The van der Waals surface area contributed by atoms with Crippen LogP contribution in [0, 0.1) is 34.5 Å². The van der Waals surface area contributed by atoms with E-state index in [9.17, 15) is 0 Å². The minimum atomic E-state index is -2.08. The monoisotopic (exact) mass is 1260 g/mol. The SMILES string of the molecule is C.C.C.Cc1ccccc1-c1cc2c(c[n+]1C)sc1cc3cc(-c4ccccc4)ccc3cc12.[2H]C([2H])([2H])c1ccc(-c2cc3c(c[n+]2C)sc2cc4cc(C)ccc4cc23)c(C)c1.[2H]C1(c2ccc3cc4c(cc3c2)sc2c[n+](C)c(-c3ccccc3C)cc24)CCCCC1. The summed E-state index contributed by atoms with van der Waals surface area (Å²) in [5, 5.41) is 15.5. The normalized spacial score (nSPS) is 13.6. The van der Waals surface area contributed by atoms with Gasteiger partial charge in [-0.1, -0.05) is 180 Å². The van der Waals surface area contributed by atoms with E-state index >= 15 is 0 Å². The molecule has 1 aliphatic carbocycles. The van der Waals surface area contributed by atoms with Gasteiger partial charge in [0.05, 0.1) is 14.1 Å². The Morgan fingerprint density at radius 3 is 1.26 bits per heavy atom. The minimum Gasteiger partial charge on any atom is -0.200 e. The van der Waals surface area contributed by atoms with Gasteiger partial charge in [-0.05, 0) is 180 Å². The molecule has 17 rings (SSSR count). The Kier molecular flexibility index (Phi) is 16.4. The van der Waals surface area contributed by atoms with E-state index in [-0.39, 0.29) is 22.3 Å². The van der Waals surface area contributed by atoms with Gasteiger partial charge < -0.3 is 0 Å². The van der Waals surface area contributed by atoms with E-state index in [0.717, 1.165) is 29.7 Å². The van der Waals surface area contributed by atoms with Crippen LogP contribution in [0.25, 0.3) is 138 Å². The molecule has 92 heavy (non-hydrogen) atoms. The highest BCUT2D eigenvalue weighted by molar-refractivity contribution is 7.26. The zero-order valence-corrected chi connectivity index (χ0v) is 53.9. The van der Waals surface area contributed by atoms with Crippen LogP contribution in [-0.4, -0.2) is 0 Å². The number of benzene rings is 10. The number of fused-ring (bicyclic) bond motifs is 12. The molecule has 3 nitrogen and oxygen atoms in total. The van der Waals surface area contributed by atoms with E-state index in [2.05, 4.69) is 262 Å². The maximum Gasteiger partial charge on any atom is 0.213 e. The standard InChI is InChI=1S/C29H28NS.C29H22NS.C25H22NS.3CH4/c2*1-19-8-6-7-11-24(19)27-17-26-25-15-22-13-12-21(20-9-4-3-5-10-20)14-23(22)16-28(25)31-29(26)18-30(27)2;1-15-6-8-20(17(3)9-15)23-13-22-21-11-18-7-5-16(2)10-19(18)12-24(21)27-25(22)14-26(23)4;;;/h6-8,11-18,20H,3-5,9-10H2,1-2H3;3-18H,1-2H3;5-14H,1-4H3;3*1H4/q3*+1;;;/i20D;;1D3;;;. The van der Waals surface area contributed by atoms with E-state index in [0.29, 0.717) is 5.56 Å². The molecule has 6 heteroatoms. The van der Waals surface area contributed by atoms with Crippen LogP contribution in [-0.2, 0) is 21.1 Å². The molecule has 0 N–H and O–H groups in total. The van der Waals surface area contributed by atoms with Crippen molar-refractivity contribution in [3.63, 3.8) is 0 Å². The van der Waals surface area contributed by atoms with Crippen molar-refractivity contribution in [2.24, 2.45) is 21.1 Å². The first-order valence-electron chi connectivity index (χ1n) is 33.0. The molecule has 0 amide bonds. The summed E-state index contributed by atoms with van der Waals surface area (Å²) in [5.74, 6) is -0.405. The number of hydrogen-bond donors (Lipinski definition) is 0. The lowest BCUT2D eigenvalue weighted by molar-refractivity contribution is -0.659. The van der Waals surface area contributed by atoms with Gasteiger partial charge in [-0.3, -0.25) is 0 Å². The van der Waals surface area contributed by atoms with E-state index < -0.39 is 12.7 Å². The molecule has 6 heterocycles. The molecule has 16 aromatic rings. The molecule has 10 aromatic carbocycles. The number of nitrogens with zero attached hydrogens (tertiary/aromatic N) is 3. The largest absolute Gasteiger partial charge is 0.213 e. The smallest absolute Gasteiger partial charge is 0.200 e. The Hall–Kier alpha value is -8.91. The zero-order valence-electron chi connectivity index (χ0n) is 55.5. The van der Waals surface area contributed by atoms with Gasteiger partial charge in [0, 0.05) is 86.8 Å². The Balaban J connectivity index is 0.000000136. The van der Waals surface area contributed by atoms with Crippen LogP contribution < -0.4 is 13.7 Å². The van der Waals surface area contributed by atoms with Crippen LogP contribution in [0.5, 0.6) is 0 Å². The molecule has 0 spiro atoms. The summed E-state index contributed by atoms with van der Waals surface area (Å²) < 4.78 is 46.6. The second-order valence-electron chi connectivity index (χ2n) is 24.7. The van der Waals surface area contributed by atoms with Crippen LogP contribution in [0.2, 0.25) is 0 Å². The average molecular weight is 1260 g/mol. The van der Waals surface area contributed by atoms with Crippen molar-refractivity contribution in [3.8, 4) is 44.9 Å². The van der Waals surface area contributed by atoms with Crippen molar-refractivity contribution < 1.29 is 19.2 Å². The van der Waals surface area contributed by atoms with Crippen LogP contribution >= 0.6 is 34.0 Å². The summed E-state index contributed by atoms with van der Waals surface area (Å²) in [5.41, 5.74) is 16.2. The number of pyridine rings is 3. The van der Waals surface area contributed by atoms with Crippen molar-refractivity contribution >= 4 is 127 Å². The Labute approximate surface area is 561 Å². The molecule has 0 radical (unpaired) electrons. The van der Waals surface area contributed by atoms with Crippen LogP contribution in [0.4, 0.5) is 0 Å². The van der Waals surface area contributed by atoms with Crippen molar-refractivity contribution in [1.29, 1.82) is 0 Å². The third-order valence-corrected chi connectivity index (χ3v) is 21.8. The number of hydrogen-bond acceptors (Lipinski definition) is 3. The fraction of sp³-hybridized carbons (Fsp3) is 0.198. The molecule has 1 saturated carbocycles. The van der Waals surface area contributed by atoms with Gasteiger partial charge >= 0.3 is 0 Å². The first-order chi connectivity index (χ1) is 44.9. The van der Waals surface area contributed by atoms with Gasteiger partial charge in [0.1, 0.15) is 21.1 Å². The third-order valence-electron chi connectivity index (χ3n) is 18.5. The molecular formula is C86H84N3S3+3. The van der Waals surface area contributed by atoms with Gasteiger partial charge in [0.25, 0.3) is 0 Å². The van der Waals surface area contributed by atoms with Crippen molar-refractivity contribution in [1.82, 2.24) is 0 Å². The molecule has 0 unspecified atom stereocenters. The lowest BCUT2D eigenvalue weighted by atomic mass is 9.83. The number of rotatable bonds is 5. The average Bonchev–Trinajstić information content (AvgIpc) is 1.59. The quantitative estimate of drug-likeness (QED) is 0.152. The van der Waals surface area contributed by atoms with Gasteiger partial charge in [-0.2, -0.15) is 13.7 Å². The summed E-state index contributed by atoms with van der Waals surface area (Å²) >= 11 is 5.57. The Morgan fingerprint density at radius 1 is 0.348 bits per heavy atom. The van der Waals surface area contributed by atoms with Gasteiger partial charge in [-0.15, -0.1) is 34.0 Å². The topological polar surface area (TPSA) is 11.6 Å². The van der Waals surface area contributed by atoms with Gasteiger partial charge in [0.15, 0.2) is 18.6 Å². The van der Waals surface area contributed by atoms with Crippen LogP contribution in [0.1, 0.15) is 99.1 Å². The second kappa shape index (κ2) is 26.0. The first-order valence-corrected chi connectivity index (χ1v) is 33.5. The molecule has 0 atom stereocenters. The van der Waals surface area contributed by atoms with Crippen LogP contribution in [0.3, 0.4) is 0 Å². The molecule has 0 aliphatic heterocycles. The highest BCUT2D eigenvalue weighted by Gasteiger charge is 2.22. The molecular weight excluding hydrogens is 1170 g/mol. The summed E-state index contributed by atoms with van der Waals surface area (Å²) in [6, 6.07) is 74.4. The Morgan fingerprint density at radius 2 is 0.772 bits per heavy atom. The lowest BCUT2D eigenvalue weighted by Crippen LogP contribution is -2.30. The number of aromatic nitrogens is 3. The lowest BCUT2D eigenvalue weighted by Gasteiger charge is -2.22. The van der Waals surface area contributed by atoms with Crippen molar-refractivity contribution in [3.05, 3.63) is 258 Å². The predicted octanol–water partition coefficient (Wildman–Crippen LogP) is 24.3. The van der Waals surface area contributed by atoms with E-state index in [4.69, 9.17) is 5.48 Å². The number of aryl methyl sites for hydroxylation is 8. The maximum atomic E-state index is 9.03. The summed E-state index contributed by atoms with van der Waals surface area (Å²) in [7, 11) is 6.34. The molecule has 1 fully saturated rings.